The van der Waals surface area contributed by atoms with Crippen molar-refractivity contribution in [3.63, 3.8) is 0 Å². The summed E-state index contributed by atoms with van der Waals surface area (Å²) in [5, 5.41) is 3.14. The normalized spacial score (nSPS) is 44.2. The Bertz CT molecular complexity index is 234. The minimum absolute atomic E-state index is 0.122. The molecule has 2 aliphatic rings. The lowest BCUT2D eigenvalue weighted by Gasteiger charge is -2.40. The van der Waals surface area contributed by atoms with Gasteiger partial charge in [0.05, 0.1) is 0 Å². The molecule has 0 spiro atoms. The zero-order chi connectivity index (χ0) is 8.98. The highest BCUT2D eigenvalue weighted by Gasteiger charge is 2.51. The SMILES string of the molecule is CC1(C)C(=O)N[C@@]2(C)CC[C@@H]1C2. The van der Waals surface area contributed by atoms with Crippen LogP contribution in [0.1, 0.15) is 40.0 Å². The van der Waals surface area contributed by atoms with E-state index >= 15 is 0 Å². The van der Waals surface area contributed by atoms with Gasteiger partial charge in [-0.05, 0) is 32.1 Å². The molecule has 1 amide bonds. The summed E-state index contributed by atoms with van der Waals surface area (Å²) in [4.78, 5) is 11.7. The number of hydrogen-bond acceptors (Lipinski definition) is 1. The molecule has 2 atom stereocenters. The maximum Gasteiger partial charge on any atom is 0.226 e. The molecule has 1 aliphatic carbocycles. The van der Waals surface area contributed by atoms with Crippen LogP contribution in [-0.2, 0) is 4.79 Å². The lowest BCUT2D eigenvalue weighted by Crippen LogP contribution is -2.55. The van der Waals surface area contributed by atoms with Crippen LogP contribution in [0.25, 0.3) is 0 Å². The average Bonchev–Trinajstić information content (AvgIpc) is 2.28. The Kier molecular flexibility index (Phi) is 1.37. The van der Waals surface area contributed by atoms with Gasteiger partial charge in [-0.25, -0.2) is 0 Å². The van der Waals surface area contributed by atoms with Crippen molar-refractivity contribution < 1.29 is 4.79 Å². The number of piperidine rings is 1. The van der Waals surface area contributed by atoms with E-state index in [1.807, 2.05) is 0 Å². The molecular weight excluding hydrogens is 150 g/mol. The highest BCUT2D eigenvalue weighted by Crippen LogP contribution is 2.48. The second-order valence-corrected chi connectivity index (χ2v) is 5.18. The van der Waals surface area contributed by atoms with Crippen molar-refractivity contribution in [2.75, 3.05) is 0 Å². The molecule has 1 heterocycles. The van der Waals surface area contributed by atoms with Crippen LogP contribution in [-0.4, -0.2) is 11.4 Å². The van der Waals surface area contributed by atoms with Gasteiger partial charge < -0.3 is 5.32 Å². The third kappa shape index (κ3) is 0.900. The summed E-state index contributed by atoms with van der Waals surface area (Å²) in [6, 6.07) is 0. The Morgan fingerprint density at radius 1 is 1.42 bits per heavy atom. The van der Waals surface area contributed by atoms with Crippen molar-refractivity contribution in [2.45, 2.75) is 45.6 Å². The van der Waals surface area contributed by atoms with Crippen LogP contribution in [0.2, 0.25) is 0 Å². The van der Waals surface area contributed by atoms with E-state index in [0.717, 1.165) is 6.42 Å². The lowest BCUT2D eigenvalue weighted by atomic mass is 9.73. The van der Waals surface area contributed by atoms with Crippen LogP contribution < -0.4 is 5.32 Å². The molecular formula is C10H17NO. The third-order valence-corrected chi connectivity index (χ3v) is 3.76. The van der Waals surface area contributed by atoms with E-state index in [-0.39, 0.29) is 16.9 Å². The first-order valence-electron chi connectivity index (χ1n) is 4.77. The van der Waals surface area contributed by atoms with Crippen molar-refractivity contribution in [3.05, 3.63) is 0 Å². The first-order chi connectivity index (χ1) is 5.44. The summed E-state index contributed by atoms with van der Waals surface area (Å²) in [7, 11) is 0. The predicted octanol–water partition coefficient (Wildman–Crippen LogP) is 1.70. The fraction of sp³-hybridized carbons (Fsp3) is 0.900. The second-order valence-electron chi connectivity index (χ2n) is 5.18. The second kappa shape index (κ2) is 2.04. The van der Waals surface area contributed by atoms with Crippen LogP contribution in [0.3, 0.4) is 0 Å². The number of nitrogens with one attached hydrogen (secondary N) is 1. The van der Waals surface area contributed by atoms with Crippen molar-refractivity contribution in [1.29, 1.82) is 0 Å². The van der Waals surface area contributed by atoms with E-state index in [1.165, 1.54) is 12.8 Å². The summed E-state index contributed by atoms with van der Waals surface area (Å²) in [6.45, 7) is 6.30. The topological polar surface area (TPSA) is 29.1 Å². The molecule has 2 fully saturated rings. The molecule has 2 heteroatoms. The van der Waals surface area contributed by atoms with Crippen LogP contribution in [0.15, 0.2) is 0 Å². The Balaban J connectivity index is 2.32. The summed E-state index contributed by atoms with van der Waals surface area (Å²) >= 11 is 0. The molecule has 12 heavy (non-hydrogen) atoms. The van der Waals surface area contributed by atoms with Gasteiger partial charge in [-0.15, -0.1) is 0 Å². The minimum atomic E-state index is -0.129. The van der Waals surface area contributed by atoms with E-state index in [0.29, 0.717) is 5.92 Å². The van der Waals surface area contributed by atoms with Gasteiger partial charge in [0.2, 0.25) is 5.91 Å². The maximum absolute atomic E-state index is 11.7. The fourth-order valence-corrected chi connectivity index (χ4v) is 2.59. The fourth-order valence-electron chi connectivity index (χ4n) is 2.59. The van der Waals surface area contributed by atoms with Crippen molar-refractivity contribution in [1.82, 2.24) is 5.32 Å². The molecule has 0 radical (unpaired) electrons. The van der Waals surface area contributed by atoms with E-state index in [9.17, 15) is 4.79 Å². The van der Waals surface area contributed by atoms with Crippen molar-refractivity contribution >= 4 is 5.91 Å². The van der Waals surface area contributed by atoms with Crippen molar-refractivity contribution in [3.8, 4) is 0 Å². The minimum Gasteiger partial charge on any atom is -0.350 e. The molecule has 0 aromatic carbocycles. The molecule has 0 aromatic heterocycles. The molecule has 1 saturated heterocycles. The molecule has 0 unspecified atom stereocenters. The highest BCUT2D eigenvalue weighted by atomic mass is 16.2. The van der Waals surface area contributed by atoms with Crippen LogP contribution in [0.5, 0.6) is 0 Å². The summed E-state index contributed by atoms with van der Waals surface area (Å²) in [6.07, 6.45) is 3.54. The first-order valence-corrected chi connectivity index (χ1v) is 4.77. The summed E-state index contributed by atoms with van der Waals surface area (Å²) in [5.74, 6) is 0.856. The number of carbonyl (C=O) groups is 1. The van der Waals surface area contributed by atoms with Gasteiger partial charge >= 0.3 is 0 Å². The van der Waals surface area contributed by atoms with Crippen LogP contribution in [0, 0.1) is 11.3 Å². The Labute approximate surface area is 73.7 Å². The summed E-state index contributed by atoms with van der Waals surface area (Å²) in [5.41, 5.74) is -0.00667. The number of rotatable bonds is 0. The molecule has 1 saturated carbocycles. The van der Waals surface area contributed by atoms with E-state index < -0.39 is 0 Å². The quantitative estimate of drug-likeness (QED) is 0.584. The molecule has 68 valence electrons. The van der Waals surface area contributed by atoms with Gasteiger partial charge in [0.15, 0.2) is 0 Å². The predicted molar refractivity (Wildman–Crippen MR) is 47.7 cm³/mol. The largest absolute Gasteiger partial charge is 0.350 e. The van der Waals surface area contributed by atoms with Gasteiger partial charge in [-0.3, -0.25) is 4.79 Å². The standard InChI is InChI=1S/C10H17NO/c1-9(2)7-4-5-10(3,6-7)11-8(9)12/h7H,4-6H2,1-3H3,(H,11,12)/t7-,10+/m1/s1. The number of carbonyl (C=O) groups excluding carboxylic acids is 1. The third-order valence-electron chi connectivity index (χ3n) is 3.76. The molecule has 0 aromatic rings. The average molecular weight is 167 g/mol. The molecule has 2 bridgehead atoms. The molecule has 1 N–H and O–H groups in total. The Morgan fingerprint density at radius 2 is 2.08 bits per heavy atom. The molecule has 1 aliphatic heterocycles. The summed E-state index contributed by atoms with van der Waals surface area (Å²) < 4.78 is 0. The maximum atomic E-state index is 11.7. The van der Waals surface area contributed by atoms with E-state index in [4.69, 9.17) is 0 Å². The number of fused-ring (bicyclic) bond motifs is 2. The lowest BCUT2D eigenvalue weighted by molar-refractivity contribution is -0.136. The van der Waals surface area contributed by atoms with Gasteiger partial charge in [0, 0.05) is 11.0 Å². The van der Waals surface area contributed by atoms with Gasteiger partial charge in [0.25, 0.3) is 0 Å². The molecule has 2 nitrogen and oxygen atoms in total. The van der Waals surface area contributed by atoms with Gasteiger partial charge in [-0.1, -0.05) is 13.8 Å². The number of amides is 1. The monoisotopic (exact) mass is 167 g/mol. The Morgan fingerprint density at radius 3 is 2.75 bits per heavy atom. The highest BCUT2D eigenvalue weighted by molar-refractivity contribution is 5.84. The van der Waals surface area contributed by atoms with E-state index in [1.54, 1.807) is 0 Å². The van der Waals surface area contributed by atoms with E-state index in [2.05, 4.69) is 26.1 Å². The van der Waals surface area contributed by atoms with Crippen molar-refractivity contribution in [2.24, 2.45) is 11.3 Å². The van der Waals surface area contributed by atoms with Crippen LogP contribution in [0.4, 0.5) is 0 Å². The first kappa shape index (κ1) is 8.09. The van der Waals surface area contributed by atoms with Crippen LogP contribution >= 0.6 is 0 Å². The number of hydrogen-bond donors (Lipinski definition) is 1. The zero-order valence-electron chi connectivity index (χ0n) is 8.11. The molecule has 2 rings (SSSR count). The smallest absolute Gasteiger partial charge is 0.226 e. The zero-order valence-corrected chi connectivity index (χ0v) is 8.11. The Hall–Kier alpha value is -0.530. The van der Waals surface area contributed by atoms with Gasteiger partial charge in [0.1, 0.15) is 0 Å². The van der Waals surface area contributed by atoms with Gasteiger partial charge in [-0.2, -0.15) is 0 Å².